The standard InChI is InChI=1S/C19H24BrN3O4S/c1-22-14-9-13(20)16(10-15(14)23(2)18(22)25)28(26,27)21-17(24)12-5-3-6-19(11-12)7-4-8-19/h9-10,12H,3-8,11H2,1-2H3,(H,21,24). The minimum Gasteiger partial charge on any atom is -0.295 e. The van der Waals surface area contributed by atoms with Crippen LogP contribution in [0.25, 0.3) is 11.0 Å². The molecule has 1 aromatic carbocycles. The zero-order valence-electron chi connectivity index (χ0n) is 16.0. The minimum absolute atomic E-state index is 0.0382. The first-order valence-corrected chi connectivity index (χ1v) is 11.8. The summed E-state index contributed by atoms with van der Waals surface area (Å²) in [6.07, 6.45) is 7.13. The van der Waals surface area contributed by atoms with Crippen molar-refractivity contribution in [1.29, 1.82) is 0 Å². The van der Waals surface area contributed by atoms with Gasteiger partial charge in [-0.1, -0.05) is 12.8 Å². The number of halogens is 1. The van der Waals surface area contributed by atoms with Crippen molar-refractivity contribution in [2.75, 3.05) is 0 Å². The van der Waals surface area contributed by atoms with E-state index in [2.05, 4.69) is 20.7 Å². The molecule has 2 aliphatic rings. The summed E-state index contributed by atoms with van der Waals surface area (Å²) < 4.78 is 31.3. The summed E-state index contributed by atoms with van der Waals surface area (Å²) in [6.45, 7) is 0. The Balaban J connectivity index is 1.63. The molecule has 4 rings (SSSR count). The van der Waals surface area contributed by atoms with Crippen LogP contribution in [0, 0.1) is 11.3 Å². The van der Waals surface area contributed by atoms with Crippen molar-refractivity contribution in [2.45, 2.75) is 49.8 Å². The first-order chi connectivity index (χ1) is 13.1. The number of amides is 1. The number of aromatic nitrogens is 2. The number of hydrogen-bond donors (Lipinski definition) is 1. The molecule has 9 heteroatoms. The Hall–Kier alpha value is -1.61. The van der Waals surface area contributed by atoms with Gasteiger partial charge in [0.1, 0.15) is 4.90 Å². The van der Waals surface area contributed by atoms with E-state index in [4.69, 9.17) is 0 Å². The maximum absolute atomic E-state index is 12.9. The van der Waals surface area contributed by atoms with E-state index in [9.17, 15) is 18.0 Å². The van der Waals surface area contributed by atoms with Gasteiger partial charge >= 0.3 is 5.69 Å². The molecule has 7 nitrogen and oxygen atoms in total. The second-order valence-corrected chi connectivity index (χ2v) is 10.8. The molecule has 1 N–H and O–H groups in total. The van der Waals surface area contributed by atoms with Crippen LogP contribution in [0.4, 0.5) is 0 Å². The average Bonchev–Trinajstić information content (AvgIpc) is 2.83. The average molecular weight is 470 g/mol. The number of hydrogen-bond acceptors (Lipinski definition) is 4. The molecule has 1 amide bonds. The van der Waals surface area contributed by atoms with Crippen molar-refractivity contribution in [3.63, 3.8) is 0 Å². The zero-order chi connectivity index (χ0) is 20.3. The smallest absolute Gasteiger partial charge is 0.295 e. The Bertz CT molecular complexity index is 1130. The molecule has 1 aromatic heterocycles. The molecule has 152 valence electrons. The molecule has 0 bridgehead atoms. The molecule has 0 saturated heterocycles. The lowest BCUT2D eigenvalue weighted by atomic mass is 9.58. The van der Waals surface area contributed by atoms with Crippen LogP contribution >= 0.6 is 15.9 Å². The van der Waals surface area contributed by atoms with Crippen LogP contribution in [0.15, 0.2) is 26.3 Å². The second-order valence-electron chi connectivity index (χ2n) is 8.29. The van der Waals surface area contributed by atoms with Gasteiger partial charge in [-0.05, 0) is 65.6 Å². The number of nitrogens with one attached hydrogen (secondary N) is 1. The van der Waals surface area contributed by atoms with Gasteiger partial charge in [0.15, 0.2) is 0 Å². The van der Waals surface area contributed by atoms with Crippen LogP contribution in [-0.2, 0) is 28.9 Å². The maximum atomic E-state index is 12.9. The van der Waals surface area contributed by atoms with Crippen molar-refractivity contribution in [3.05, 3.63) is 27.1 Å². The number of sulfonamides is 1. The van der Waals surface area contributed by atoms with E-state index in [1.807, 2.05) is 0 Å². The van der Waals surface area contributed by atoms with Crippen LogP contribution < -0.4 is 10.4 Å². The van der Waals surface area contributed by atoms with Gasteiger partial charge in [-0.15, -0.1) is 0 Å². The zero-order valence-corrected chi connectivity index (χ0v) is 18.4. The fourth-order valence-electron chi connectivity index (χ4n) is 4.78. The number of rotatable bonds is 3. The van der Waals surface area contributed by atoms with E-state index in [0.29, 0.717) is 15.5 Å². The molecule has 2 saturated carbocycles. The molecule has 0 radical (unpaired) electrons. The molecule has 1 heterocycles. The number of aryl methyl sites for hydroxylation is 2. The molecule has 28 heavy (non-hydrogen) atoms. The fourth-order valence-corrected chi connectivity index (χ4v) is 6.88. The molecule has 2 aromatic rings. The van der Waals surface area contributed by atoms with E-state index in [-0.39, 0.29) is 21.9 Å². The Morgan fingerprint density at radius 3 is 2.36 bits per heavy atom. The summed E-state index contributed by atoms with van der Waals surface area (Å²) in [4.78, 5) is 24.8. The molecule has 2 aliphatic carbocycles. The normalized spacial score (nSPS) is 21.6. The summed E-state index contributed by atoms with van der Waals surface area (Å²) in [5, 5.41) is 0. The lowest BCUT2D eigenvalue weighted by Gasteiger charge is -2.47. The number of imidazole rings is 1. The first-order valence-electron chi connectivity index (χ1n) is 9.55. The van der Waals surface area contributed by atoms with Crippen molar-refractivity contribution in [2.24, 2.45) is 25.4 Å². The van der Waals surface area contributed by atoms with Crippen LogP contribution in [0.5, 0.6) is 0 Å². The third-order valence-corrected chi connectivity index (χ3v) is 8.88. The van der Waals surface area contributed by atoms with Crippen molar-refractivity contribution >= 4 is 42.9 Å². The van der Waals surface area contributed by atoms with Crippen LogP contribution in [0.3, 0.4) is 0 Å². The van der Waals surface area contributed by atoms with E-state index >= 15 is 0 Å². The van der Waals surface area contributed by atoms with E-state index in [1.165, 1.54) is 21.6 Å². The van der Waals surface area contributed by atoms with Crippen molar-refractivity contribution in [3.8, 4) is 0 Å². The van der Waals surface area contributed by atoms with Gasteiger partial charge < -0.3 is 0 Å². The third kappa shape index (κ3) is 3.12. The largest absolute Gasteiger partial charge is 0.328 e. The molecule has 1 unspecified atom stereocenters. The monoisotopic (exact) mass is 469 g/mol. The molecule has 0 aliphatic heterocycles. The summed E-state index contributed by atoms with van der Waals surface area (Å²) >= 11 is 3.29. The van der Waals surface area contributed by atoms with Gasteiger partial charge in [-0.3, -0.25) is 13.9 Å². The highest BCUT2D eigenvalue weighted by Gasteiger charge is 2.43. The van der Waals surface area contributed by atoms with Gasteiger partial charge in [-0.2, -0.15) is 0 Å². The molecular formula is C19H24BrN3O4S. The third-order valence-electron chi connectivity index (χ3n) is 6.57. The Kier molecular flexibility index (Phi) is 4.73. The fraction of sp³-hybridized carbons (Fsp3) is 0.579. The Labute approximate surface area is 172 Å². The molecular weight excluding hydrogens is 446 g/mol. The number of carbonyl (C=O) groups excluding carboxylic acids is 1. The number of fused-ring (bicyclic) bond motifs is 1. The van der Waals surface area contributed by atoms with Crippen LogP contribution in [0.2, 0.25) is 0 Å². The summed E-state index contributed by atoms with van der Waals surface area (Å²) in [5.74, 6) is -0.674. The van der Waals surface area contributed by atoms with Gasteiger partial charge in [0.2, 0.25) is 5.91 Å². The van der Waals surface area contributed by atoms with E-state index in [0.717, 1.165) is 38.5 Å². The van der Waals surface area contributed by atoms with Crippen LogP contribution in [-0.4, -0.2) is 23.5 Å². The lowest BCUT2D eigenvalue weighted by molar-refractivity contribution is -0.126. The highest BCUT2D eigenvalue weighted by molar-refractivity contribution is 9.10. The molecule has 1 spiro atoms. The summed E-state index contributed by atoms with van der Waals surface area (Å²) in [5.41, 5.74) is 1.12. The number of benzene rings is 1. The van der Waals surface area contributed by atoms with Gasteiger partial charge in [0, 0.05) is 24.5 Å². The van der Waals surface area contributed by atoms with E-state index in [1.54, 1.807) is 20.2 Å². The lowest BCUT2D eigenvalue weighted by Crippen LogP contribution is -2.42. The van der Waals surface area contributed by atoms with Crippen LogP contribution in [0.1, 0.15) is 44.9 Å². The predicted molar refractivity (Wildman–Crippen MR) is 109 cm³/mol. The van der Waals surface area contributed by atoms with E-state index < -0.39 is 15.9 Å². The molecule has 2 fully saturated rings. The summed E-state index contributed by atoms with van der Waals surface area (Å²) in [6, 6.07) is 3.03. The van der Waals surface area contributed by atoms with Crippen molar-refractivity contribution in [1.82, 2.24) is 13.9 Å². The van der Waals surface area contributed by atoms with Gasteiger partial charge in [0.05, 0.1) is 11.0 Å². The Morgan fingerprint density at radius 1 is 1.14 bits per heavy atom. The quantitative estimate of drug-likeness (QED) is 0.747. The predicted octanol–water partition coefficient (Wildman–Crippen LogP) is 2.80. The topological polar surface area (TPSA) is 90.2 Å². The highest BCUT2D eigenvalue weighted by atomic mass is 79.9. The SMILES string of the molecule is Cn1c(=O)n(C)c2cc(S(=O)(=O)NC(=O)C3CCCC4(CCC4)C3)c(Br)cc21. The first kappa shape index (κ1) is 19.7. The maximum Gasteiger partial charge on any atom is 0.328 e. The Morgan fingerprint density at radius 2 is 1.75 bits per heavy atom. The minimum atomic E-state index is -4.05. The van der Waals surface area contributed by atoms with Gasteiger partial charge in [-0.25, -0.2) is 17.9 Å². The molecule has 1 atom stereocenters. The number of carbonyl (C=O) groups is 1. The van der Waals surface area contributed by atoms with Crippen molar-refractivity contribution < 1.29 is 13.2 Å². The second kappa shape index (κ2) is 6.73. The highest BCUT2D eigenvalue weighted by Crippen LogP contribution is 2.53. The van der Waals surface area contributed by atoms with Gasteiger partial charge in [0.25, 0.3) is 10.0 Å². The number of nitrogens with zero attached hydrogens (tertiary/aromatic N) is 2. The summed E-state index contributed by atoms with van der Waals surface area (Å²) in [7, 11) is -0.826.